The number of amides is 1. The van der Waals surface area contributed by atoms with Crippen LogP contribution in [0.4, 0.5) is 16.2 Å². The van der Waals surface area contributed by atoms with Crippen LogP contribution in [0.2, 0.25) is 0 Å². The lowest BCUT2D eigenvalue weighted by Gasteiger charge is -2.25. The molecule has 1 heterocycles. The van der Waals surface area contributed by atoms with Crippen molar-refractivity contribution in [1.29, 1.82) is 0 Å². The van der Waals surface area contributed by atoms with Crippen molar-refractivity contribution < 1.29 is 4.79 Å². The van der Waals surface area contributed by atoms with E-state index in [0.29, 0.717) is 0 Å². The Balaban J connectivity index is 1.89. The number of hydrogen-bond acceptors (Lipinski definition) is 2. The zero-order chi connectivity index (χ0) is 18.1. The van der Waals surface area contributed by atoms with E-state index in [1.54, 1.807) is 15.8 Å². The maximum atomic E-state index is 13.5. The van der Waals surface area contributed by atoms with Crippen molar-refractivity contribution in [1.82, 2.24) is 9.55 Å². The summed E-state index contributed by atoms with van der Waals surface area (Å²) in [6, 6.07) is 23.3. The van der Waals surface area contributed by atoms with Crippen LogP contribution in [0.25, 0.3) is 11.0 Å². The molecule has 0 bridgehead atoms. The number of imidazole rings is 1. The first kappa shape index (κ1) is 16.1. The number of carbonyl (C=O) groups is 1. The first-order valence-corrected chi connectivity index (χ1v) is 8.54. The van der Waals surface area contributed by atoms with E-state index in [2.05, 4.69) is 18.0 Å². The molecule has 0 aliphatic heterocycles. The lowest BCUT2D eigenvalue weighted by Crippen LogP contribution is -2.30. The molecule has 0 spiro atoms. The van der Waals surface area contributed by atoms with E-state index in [1.807, 2.05) is 73.7 Å². The van der Waals surface area contributed by atoms with Crippen LogP contribution in [0.1, 0.15) is 11.1 Å². The van der Waals surface area contributed by atoms with E-state index in [-0.39, 0.29) is 6.03 Å². The molecule has 0 radical (unpaired) electrons. The monoisotopic (exact) mass is 341 g/mol. The van der Waals surface area contributed by atoms with E-state index in [4.69, 9.17) is 0 Å². The number of aromatic nitrogens is 2. The van der Waals surface area contributed by atoms with Crippen molar-refractivity contribution in [2.45, 2.75) is 13.8 Å². The second kappa shape index (κ2) is 6.48. The molecule has 1 aromatic heterocycles. The molecule has 0 saturated heterocycles. The lowest BCUT2D eigenvalue weighted by molar-refractivity contribution is 0.250. The molecule has 0 saturated carbocycles. The van der Waals surface area contributed by atoms with Gasteiger partial charge in [-0.3, -0.25) is 4.90 Å². The summed E-state index contributed by atoms with van der Waals surface area (Å²) in [5.74, 6) is 0. The minimum Gasteiger partial charge on any atom is -0.262 e. The Morgan fingerprint density at radius 1 is 0.923 bits per heavy atom. The number of rotatable bonds is 2. The van der Waals surface area contributed by atoms with Crippen LogP contribution in [0.5, 0.6) is 0 Å². The Morgan fingerprint density at radius 3 is 2.42 bits per heavy atom. The van der Waals surface area contributed by atoms with Crippen LogP contribution in [-0.4, -0.2) is 15.6 Å². The van der Waals surface area contributed by atoms with E-state index in [1.165, 1.54) is 5.56 Å². The maximum absolute atomic E-state index is 13.5. The molecule has 0 atom stereocenters. The molecular weight excluding hydrogens is 322 g/mol. The average Bonchev–Trinajstić information content (AvgIpc) is 3.09. The highest BCUT2D eigenvalue weighted by Gasteiger charge is 2.22. The number of para-hydroxylation sites is 3. The summed E-state index contributed by atoms with van der Waals surface area (Å²) >= 11 is 0. The van der Waals surface area contributed by atoms with Crippen LogP contribution >= 0.6 is 0 Å². The van der Waals surface area contributed by atoms with Crippen molar-refractivity contribution >= 4 is 28.4 Å². The second-order valence-corrected chi connectivity index (χ2v) is 6.35. The number of anilines is 2. The molecule has 4 aromatic rings. The molecule has 4 nitrogen and oxygen atoms in total. The topological polar surface area (TPSA) is 38.1 Å². The fourth-order valence-corrected chi connectivity index (χ4v) is 3.21. The Hall–Kier alpha value is -3.40. The van der Waals surface area contributed by atoms with Crippen LogP contribution in [0.3, 0.4) is 0 Å². The molecule has 0 N–H and O–H groups in total. The number of aryl methyl sites for hydroxylation is 2. The third-order valence-corrected chi connectivity index (χ3v) is 4.46. The molecule has 26 heavy (non-hydrogen) atoms. The van der Waals surface area contributed by atoms with Gasteiger partial charge in [0.25, 0.3) is 0 Å². The SMILES string of the molecule is Cc1ccc(N(C(=O)n2cnc3ccccc32)c2ccccc2)c(C)c1. The smallest absolute Gasteiger partial charge is 0.262 e. The van der Waals surface area contributed by atoms with Crippen LogP contribution < -0.4 is 4.90 Å². The molecule has 4 heteroatoms. The van der Waals surface area contributed by atoms with E-state index in [9.17, 15) is 4.79 Å². The Bertz CT molecular complexity index is 1080. The minimum atomic E-state index is -0.156. The van der Waals surface area contributed by atoms with Crippen LogP contribution in [0.15, 0.2) is 79.1 Å². The molecule has 0 unspecified atom stereocenters. The largest absolute Gasteiger partial charge is 0.339 e. The van der Waals surface area contributed by atoms with Gasteiger partial charge < -0.3 is 0 Å². The number of carbonyl (C=O) groups excluding carboxylic acids is 1. The van der Waals surface area contributed by atoms with Gasteiger partial charge >= 0.3 is 6.03 Å². The summed E-state index contributed by atoms with van der Waals surface area (Å²) < 4.78 is 1.60. The number of benzene rings is 3. The molecule has 0 aliphatic rings. The molecule has 0 fully saturated rings. The minimum absolute atomic E-state index is 0.156. The third kappa shape index (κ3) is 2.75. The fourth-order valence-electron chi connectivity index (χ4n) is 3.21. The van der Waals surface area contributed by atoms with Gasteiger partial charge in [-0.05, 0) is 49.7 Å². The number of nitrogens with zero attached hydrogens (tertiary/aromatic N) is 3. The van der Waals surface area contributed by atoms with Gasteiger partial charge in [-0.15, -0.1) is 0 Å². The highest BCUT2D eigenvalue weighted by molar-refractivity contribution is 6.04. The van der Waals surface area contributed by atoms with Gasteiger partial charge in [0.1, 0.15) is 6.33 Å². The predicted octanol–water partition coefficient (Wildman–Crippen LogP) is 5.46. The molecule has 1 amide bonds. The normalized spacial score (nSPS) is 10.8. The molecular formula is C22H19N3O. The first-order chi connectivity index (χ1) is 12.6. The van der Waals surface area contributed by atoms with Gasteiger partial charge in [-0.1, -0.05) is 48.0 Å². The maximum Gasteiger partial charge on any atom is 0.339 e. The number of fused-ring (bicyclic) bond motifs is 1. The molecule has 3 aromatic carbocycles. The van der Waals surface area contributed by atoms with Gasteiger partial charge in [0, 0.05) is 0 Å². The number of hydrogen-bond donors (Lipinski definition) is 0. The van der Waals surface area contributed by atoms with Crippen molar-refractivity contribution in [3.8, 4) is 0 Å². The summed E-state index contributed by atoms with van der Waals surface area (Å²) in [6.07, 6.45) is 1.59. The average molecular weight is 341 g/mol. The summed E-state index contributed by atoms with van der Waals surface area (Å²) in [5.41, 5.74) is 5.50. The van der Waals surface area contributed by atoms with Crippen LogP contribution in [0, 0.1) is 13.8 Å². The zero-order valence-electron chi connectivity index (χ0n) is 14.8. The van der Waals surface area contributed by atoms with E-state index in [0.717, 1.165) is 28.0 Å². The molecule has 4 rings (SSSR count). The quantitative estimate of drug-likeness (QED) is 0.485. The summed E-state index contributed by atoms with van der Waals surface area (Å²) in [4.78, 5) is 19.6. The van der Waals surface area contributed by atoms with E-state index < -0.39 is 0 Å². The van der Waals surface area contributed by atoms with Gasteiger partial charge in [0.15, 0.2) is 0 Å². The van der Waals surface area contributed by atoms with Gasteiger partial charge in [0.2, 0.25) is 0 Å². The van der Waals surface area contributed by atoms with Crippen molar-refractivity contribution in [3.05, 3.63) is 90.3 Å². The van der Waals surface area contributed by atoms with E-state index >= 15 is 0 Å². The van der Waals surface area contributed by atoms with Gasteiger partial charge in [-0.25, -0.2) is 14.3 Å². The van der Waals surface area contributed by atoms with Gasteiger partial charge in [-0.2, -0.15) is 0 Å². The first-order valence-electron chi connectivity index (χ1n) is 8.54. The molecule has 128 valence electrons. The summed E-state index contributed by atoms with van der Waals surface area (Å²) in [7, 11) is 0. The Morgan fingerprint density at radius 2 is 1.65 bits per heavy atom. The highest BCUT2D eigenvalue weighted by Crippen LogP contribution is 2.30. The summed E-state index contributed by atoms with van der Waals surface area (Å²) in [5, 5.41) is 0. The summed E-state index contributed by atoms with van der Waals surface area (Å²) in [6.45, 7) is 4.08. The second-order valence-electron chi connectivity index (χ2n) is 6.35. The fraction of sp³-hybridized carbons (Fsp3) is 0.0909. The standard InChI is InChI=1S/C22H19N3O/c1-16-12-13-20(17(2)14-16)25(18-8-4-3-5-9-18)22(26)24-15-23-19-10-6-7-11-21(19)24/h3-15H,1-2H3. The van der Waals surface area contributed by atoms with Crippen molar-refractivity contribution in [2.75, 3.05) is 4.90 Å². The van der Waals surface area contributed by atoms with Crippen molar-refractivity contribution in [3.63, 3.8) is 0 Å². The predicted molar refractivity (Wildman–Crippen MR) is 105 cm³/mol. The molecule has 0 aliphatic carbocycles. The highest BCUT2D eigenvalue weighted by atomic mass is 16.2. The Labute approximate surface area is 152 Å². The van der Waals surface area contributed by atoms with Crippen LogP contribution in [-0.2, 0) is 0 Å². The van der Waals surface area contributed by atoms with Gasteiger partial charge in [0.05, 0.1) is 22.4 Å². The Kier molecular flexibility index (Phi) is 4.01. The third-order valence-electron chi connectivity index (χ3n) is 4.46. The lowest BCUT2D eigenvalue weighted by atomic mass is 10.1. The zero-order valence-corrected chi connectivity index (χ0v) is 14.8. The van der Waals surface area contributed by atoms with Crippen molar-refractivity contribution in [2.24, 2.45) is 0 Å².